The lowest BCUT2D eigenvalue weighted by atomic mass is 10.0. The fourth-order valence-corrected chi connectivity index (χ4v) is 5.45. The molecule has 0 saturated heterocycles. The minimum atomic E-state index is -0.0317. The number of unbranched alkanes of at least 4 members (excludes halogenated alkanes) is 26. The van der Waals surface area contributed by atoms with Crippen molar-refractivity contribution in [3.05, 3.63) is 24.3 Å². The summed E-state index contributed by atoms with van der Waals surface area (Å²) >= 11 is 0. The van der Waals surface area contributed by atoms with E-state index >= 15 is 0 Å². The van der Waals surface area contributed by atoms with Gasteiger partial charge < -0.3 is 4.74 Å². The Morgan fingerprint density at radius 3 is 1.00 bits per heavy atom. The van der Waals surface area contributed by atoms with Gasteiger partial charge in [-0.15, -0.1) is 0 Å². The van der Waals surface area contributed by atoms with Gasteiger partial charge >= 0.3 is 5.97 Å². The van der Waals surface area contributed by atoms with Crippen molar-refractivity contribution < 1.29 is 9.53 Å². The van der Waals surface area contributed by atoms with E-state index in [4.69, 9.17) is 4.74 Å². The summed E-state index contributed by atoms with van der Waals surface area (Å²) in [6.07, 6.45) is 49.8. The topological polar surface area (TPSA) is 26.3 Å². The first kappa shape index (κ1) is 39.0. The number of allylic oxidation sites excluding steroid dienone is 4. The first-order valence-corrected chi connectivity index (χ1v) is 18.3. The van der Waals surface area contributed by atoms with Gasteiger partial charge in [-0.25, -0.2) is 0 Å². The Morgan fingerprint density at radius 1 is 0.400 bits per heavy atom. The van der Waals surface area contributed by atoms with Crippen LogP contribution >= 0.6 is 0 Å². The zero-order chi connectivity index (χ0) is 29.0. The first-order valence-electron chi connectivity index (χ1n) is 18.3. The second-order valence-electron chi connectivity index (χ2n) is 12.1. The van der Waals surface area contributed by atoms with Gasteiger partial charge in [0.2, 0.25) is 0 Å². The second-order valence-corrected chi connectivity index (χ2v) is 12.1. The molecule has 0 heterocycles. The molecule has 0 rings (SSSR count). The van der Waals surface area contributed by atoms with E-state index < -0.39 is 0 Å². The van der Waals surface area contributed by atoms with Crippen LogP contribution in [0.25, 0.3) is 0 Å². The van der Waals surface area contributed by atoms with Crippen molar-refractivity contribution in [3.8, 4) is 0 Å². The summed E-state index contributed by atoms with van der Waals surface area (Å²) in [5.41, 5.74) is 0. The Bertz CT molecular complexity index is 536. The summed E-state index contributed by atoms with van der Waals surface area (Å²) < 4.78 is 4.97. The number of ether oxygens (including phenoxy) is 1. The van der Waals surface area contributed by atoms with Crippen LogP contribution in [-0.2, 0) is 9.53 Å². The Balaban J connectivity index is 3.17. The fourth-order valence-electron chi connectivity index (χ4n) is 5.45. The Kier molecular flexibility index (Phi) is 35.0. The van der Waals surface area contributed by atoms with E-state index in [-0.39, 0.29) is 5.97 Å². The molecule has 0 aliphatic heterocycles. The molecule has 0 unspecified atom stereocenters. The second kappa shape index (κ2) is 36.0. The number of esters is 1. The minimum Gasteiger partial charge on any atom is -0.466 e. The van der Waals surface area contributed by atoms with Gasteiger partial charge in [0.1, 0.15) is 0 Å². The van der Waals surface area contributed by atoms with Gasteiger partial charge in [-0.3, -0.25) is 4.79 Å². The largest absolute Gasteiger partial charge is 0.466 e. The molecule has 0 aromatic heterocycles. The molecular weight excluding hydrogens is 488 g/mol. The molecule has 0 aliphatic carbocycles. The van der Waals surface area contributed by atoms with Crippen molar-refractivity contribution in [2.45, 2.75) is 206 Å². The van der Waals surface area contributed by atoms with Crippen molar-refractivity contribution in [3.63, 3.8) is 0 Å². The van der Waals surface area contributed by atoms with Gasteiger partial charge in [-0.2, -0.15) is 0 Å². The maximum Gasteiger partial charge on any atom is 0.305 e. The Hall–Kier alpha value is -1.05. The Labute approximate surface area is 252 Å². The highest BCUT2D eigenvalue weighted by Crippen LogP contribution is 2.14. The smallest absolute Gasteiger partial charge is 0.305 e. The molecule has 0 atom stereocenters. The summed E-state index contributed by atoms with van der Waals surface area (Å²) in [5, 5.41) is 0. The van der Waals surface area contributed by atoms with E-state index in [0.717, 1.165) is 6.42 Å². The van der Waals surface area contributed by atoms with Crippen LogP contribution in [0.15, 0.2) is 24.3 Å². The lowest BCUT2D eigenvalue weighted by Gasteiger charge is -2.03. The predicted octanol–water partition coefficient (Wildman–Crippen LogP) is 13.4. The highest BCUT2D eigenvalue weighted by molar-refractivity contribution is 5.69. The molecule has 40 heavy (non-hydrogen) atoms. The zero-order valence-corrected chi connectivity index (χ0v) is 27.5. The highest BCUT2D eigenvalue weighted by Gasteiger charge is 2.00. The van der Waals surface area contributed by atoms with Gasteiger partial charge in [0.25, 0.3) is 0 Å². The molecule has 0 fully saturated rings. The number of hydrogen-bond acceptors (Lipinski definition) is 2. The Morgan fingerprint density at radius 2 is 0.675 bits per heavy atom. The summed E-state index contributed by atoms with van der Waals surface area (Å²) in [6.45, 7) is 4.68. The summed E-state index contributed by atoms with van der Waals surface area (Å²) in [7, 11) is 0. The van der Waals surface area contributed by atoms with Crippen molar-refractivity contribution in [2.75, 3.05) is 6.61 Å². The standard InChI is InChI=1S/C38H72O2/c1-3-5-6-7-8-9-10-11-12-13-14-15-16-17-18-19-20-21-22-23-24-25-26-27-28-29-30-31-32-33-34-35-36-37-38(39)40-4-2/h17-18,24-25H,3-16,19-23,26-37H2,1-2H3/b18-17+,25-24+. The van der Waals surface area contributed by atoms with E-state index in [0.29, 0.717) is 13.0 Å². The first-order chi connectivity index (χ1) is 19.8. The number of rotatable bonds is 33. The van der Waals surface area contributed by atoms with Crippen LogP contribution in [0.5, 0.6) is 0 Å². The molecule has 0 N–H and O–H groups in total. The predicted molar refractivity (Wildman–Crippen MR) is 179 cm³/mol. The van der Waals surface area contributed by atoms with Gasteiger partial charge in [-0.1, -0.05) is 160 Å². The van der Waals surface area contributed by atoms with Crippen LogP contribution in [-0.4, -0.2) is 12.6 Å². The third-order valence-electron chi connectivity index (χ3n) is 8.11. The summed E-state index contributed by atoms with van der Waals surface area (Å²) in [4.78, 5) is 11.3. The fraction of sp³-hybridized carbons (Fsp3) is 0.868. The lowest BCUT2D eigenvalue weighted by molar-refractivity contribution is -0.143. The van der Waals surface area contributed by atoms with Gasteiger partial charge in [-0.05, 0) is 64.7 Å². The van der Waals surface area contributed by atoms with Crippen LogP contribution in [0.4, 0.5) is 0 Å². The summed E-state index contributed by atoms with van der Waals surface area (Å²) in [6, 6.07) is 0. The molecular formula is C38H72O2. The third kappa shape index (κ3) is 35.0. The number of hydrogen-bond donors (Lipinski definition) is 0. The molecule has 0 aromatic carbocycles. The molecule has 0 aliphatic rings. The molecule has 236 valence electrons. The van der Waals surface area contributed by atoms with Crippen molar-refractivity contribution in [1.82, 2.24) is 0 Å². The molecule has 0 aromatic rings. The van der Waals surface area contributed by atoms with E-state index in [1.165, 1.54) is 180 Å². The number of carbonyl (C=O) groups excluding carboxylic acids is 1. The van der Waals surface area contributed by atoms with Crippen LogP contribution in [0.1, 0.15) is 206 Å². The monoisotopic (exact) mass is 561 g/mol. The van der Waals surface area contributed by atoms with E-state index in [2.05, 4.69) is 31.2 Å². The molecule has 0 bridgehead atoms. The summed E-state index contributed by atoms with van der Waals surface area (Å²) in [5.74, 6) is -0.0317. The average molecular weight is 561 g/mol. The van der Waals surface area contributed by atoms with E-state index in [1.807, 2.05) is 6.92 Å². The normalized spacial score (nSPS) is 11.8. The zero-order valence-electron chi connectivity index (χ0n) is 27.5. The van der Waals surface area contributed by atoms with E-state index in [1.54, 1.807) is 0 Å². The van der Waals surface area contributed by atoms with Gasteiger partial charge in [0.15, 0.2) is 0 Å². The molecule has 2 heteroatoms. The van der Waals surface area contributed by atoms with Crippen LogP contribution in [0.3, 0.4) is 0 Å². The van der Waals surface area contributed by atoms with Crippen LogP contribution < -0.4 is 0 Å². The van der Waals surface area contributed by atoms with Crippen LogP contribution in [0.2, 0.25) is 0 Å². The molecule has 0 radical (unpaired) electrons. The quantitative estimate of drug-likeness (QED) is 0.0453. The van der Waals surface area contributed by atoms with Crippen molar-refractivity contribution >= 4 is 5.97 Å². The average Bonchev–Trinajstić information content (AvgIpc) is 2.95. The third-order valence-corrected chi connectivity index (χ3v) is 8.11. The minimum absolute atomic E-state index is 0.0317. The molecule has 2 nitrogen and oxygen atoms in total. The molecule has 0 saturated carbocycles. The van der Waals surface area contributed by atoms with Gasteiger partial charge in [0.05, 0.1) is 6.61 Å². The molecule has 0 spiro atoms. The molecule has 0 amide bonds. The van der Waals surface area contributed by atoms with Crippen molar-refractivity contribution in [2.24, 2.45) is 0 Å². The van der Waals surface area contributed by atoms with Gasteiger partial charge in [0, 0.05) is 6.42 Å². The van der Waals surface area contributed by atoms with Crippen LogP contribution in [0, 0.1) is 0 Å². The highest BCUT2D eigenvalue weighted by atomic mass is 16.5. The maximum absolute atomic E-state index is 11.3. The van der Waals surface area contributed by atoms with E-state index in [9.17, 15) is 4.79 Å². The van der Waals surface area contributed by atoms with Crippen molar-refractivity contribution in [1.29, 1.82) is 0 Å². The maximum atomic E-state index is 11.3. The number of carbonyl (C=O) groups is 1. The SMILES string of the molecule is CCCCCCCCCCCCCC/C=C/CCCCC/C=C/CCCCCCCCCCCCC(=O)OCC. The lowest BCUT2D eigenvalue weighted by Crippen LogP contribution is -2.03.